The van der Waals surface area contributed by atoms with Gasteiger partial charge < -0.3 is 24.4 Å². The van der Waals surface area contributed by atoms with Crippen molar-refractivity contribution in [3.05, 3.63) is 35.9 Å². The molecule has 1 atom stereocenters. The molecule has 0 amide bonds. The first-order chi connectivity index (χ1) is 9.39. The molecule has 0 heterocycles. The lowest BCUT2D eigenvalue weighted by Crippen LogP contribution is -2.67. The minimum atomic E-state index is -3.06. The Bertz CT molecular complexity index is 472. The normalized spacial score (nSPS) is 14.6. The second-order valence-electron chi connectivity index (χ2n) is 3.88. The van der Waals surface area contributed by atoms with Gasteiger partial charge in [0.05, 0.1) is 0 Å². The standard InChI is InChI=1S/C13H16O7/c1-18-13(19-2,20-3)12(17,11(15)16)10(14)9-7-5-4-6-8-9/h4-8,17H,1-3H3,(H,15,16). The van der Waals surface area contributed by atoms with Gasteiger partial charge in [-0.1, -0.05) is 30.3 Å². The molecule has 0 aliphatic heterocycles. The van der Waals surface area contributed by atoms with Crippen molar-refractivity contribution in [3.63, 3.8) is 0 Å². The van der Waals surface area contributed by atoms with Gasteiger partial charge in [-0.3, -0.25) is 4.79 Å². The van der Waals surface area contributed by atoms with Gasteiger partial charge >= 0.3 is 17.5 Å². The van der Waals surface area contributed by atoms with E-state index < -0.39 is 23.3 Å². The van der Waals surface area contributed by atoms with Crippen LogP contribution in [0.4, 0.5) is 0 Å². The Kier molecular flexibility index (Phi) is 4.96. The highest BCUT2D eigenvalue weighted by atomic mass is 16.9. The van der Waals surface area contributed by atoms with Gasteiger partial charge in [0.15, 0.2) is 0 Å². The van der Waals surface area contributed by atoms with Crippen LogP contribution in [-0.4, -0.2) is 54.9 Å². The average Bonchev–Trinajstić information content (AvgIpc) is 2.49. The monoisotopic (exact) mass is 284 g/mol. The van der Waals surface area contributed by atoms with Gasteiger partial charge in [-0.05, 0) is 0 Å². The maximum absolute atomic E-state index is 12.4. The third-order valence-electron chi connectivity index (χ3n) is 2.92. The second kappa shape index (κ2) is 6.10. The molecule has 0 spiro atoms. The average molecular weight is 284 g/mol. The third-order valence-corrected chi connectivity index (χ3v) is 2.92. The molecule has 1 aromatic rings. The summed E-state index contributed by atoms with van der Waals surface area (Å²) in [5.74, 6) is -5.43. The van der Waals surface area contributed by atoms with Crippen LogP contribution in [0.5, 0.6) is 0 Å². The van der Waals surface area contributed by atoms with Crippen LogP contribution in [0.15, 0.2) is 30.3 Å². The molecule has 0 aliphatic carbocycles. The number of benzene rings is 1. The second-order valence-corrected chi connectivity index (χ2v) is 3.88. The van der Waals surface area contributed by atoms with E-state index in [9.17, 15) is 19.8 Å². The van der Waals surface area contributed by atoms with E-state index in [1.54, 1.807) is 6.07 Å². The van der Waals surface area contributed by atoms with Gasteiger partial charge in [-0.15, -0.1) is 0 Å². The van der Waals surface area contributed by atoms with Gasteiger partial charge in [0.1, 0.15) is 0 Å². The number of methoxy groups -OCH3 is 3. The molecule has 1 rings (SSSR count). The molecule has 0 fully saturated rings. The number of carbonyl (C=O) groups excluding carboxylic acids is 1. The fraction of sp³-hybridized carbons (Fsp3) is 0.385. The Labute approximate surface area is 115 Å². The fourth-order valence-corrected chi connectivity index (χ4v) is 1.86. The van der Waals surface area contributed by atoms with E-state index in [2.05, 4.69) is 0 Å². The number of Topliss-reactive ketones (excluding diaryl/α,β-unsaturated/α-hetero) is 1. The molecule has 0 saturated heterocycles. The van der Waals surface area contributed by atoms with Crippen molar-refractivity contribution in [2.24, 2.45) is 0 Å². The number of carboxylic acid groups (broad SMARTS) is 1. The van der Waals surface area contributed by atoms with E-state index in [1.165, 1.54) is 24.3 Å². The number of carbonyl (C=O) groups is 2. The van der Waals surface area contributed by atoms with Crippen molar-refractivity contribution >= 4 is 11.8 Å². The number of ketones is 1. The van der Waals surface area contributed by atoms with E-state index in [0.717, 1.165) is 21.3 Å². The number of rotatable bonds is 7. The first kappa shape index (κ1) is 16.3. The maximum Gasteiger partial charge on any atom is 0.352 e. The summed E-state index contributed by atoms with van der Waals surface area (Å²) in [4.78, 5) is 23.8. The van der Waals surface area contributed by atoms with E-state index in [1.807, 2.05) is 0 Å². The van der Waals surface area contributed by atoms with Crippen LogP contribution in [0.3, 0.4) is 0 Å². The van der Waals surface area contributed by atoms with Crippen LogP contribution in [0.25, 0.3) is 0 Å². The Hall–Kier alpha value is -1.80. The Balaban J connectivity index is 3.43. The topological polar surface area (TPSA) is 102 Å². The van der Waals surface area contributed by atoms with E-state index >= 15 is 0 Å². The highest BCUT2D eigenvalue weighted by Crippen LogP contribution is 2.31. The third kappa shape index (κ3) is 2.32. The summed E-state index contributed by atoms with van der Waals surface area (Å²) in [6.07, 6.45) is 0. The number of ether oxygens (including phenoxy) is 3. The van der Waals surface area contributed by atoms with Crippen LogP contribution in [0.2, 0.25) is 0 Å². The predicted molar refractivity (Wildman–Crippen MR) is 67.1 cm³/mol. The van der Waals surface area contributed by atoms with E-state index in [-0.39, 0.29) is 5.56 Å². The molecule has 1 unspecified atom stereocenters. The summed E-state index contributed by atoms with van der Waals surface area (Å²) < 4.78 is 14.4. The maximum atomic E-state index is 12.4. The molecule has 0 radical (unpaired) electrons. The van der Waals surface area contributed by atoms with Gasteiger partial charge in [-0.25, -0.2) is 4.79 Å². The summed E-state index contributed by atoms with van der Waals surface area (Å²) in [6, 6.07) is 7.43. The minimum absolute atomic E-state index is 0.0204. The van der Waals surface area contributed by atoms with Crippen LogP contribution in [0, 0.1) is 0 Å². The van der Waals surface area contributed by atoms with Crippen molar-refractivity contribution in [1.82, 2.24) is 0 Å². The molecular weight excluding hydrogens is 268 g/mol. The highest BCUT2D eigenvalue weighted by Gasteiger charge is 2.65. The molecular formula is C13H16O7. The van der Waals surface area contributed by atoms with E-state index in [4.69, 9.17) is 14.2 Å². The van der Waals surface area contributed by atoms with Crippen LogP contribution in [-0.2, 0) is 19.0 Å². The molecule has 2 N–H and O–H groups in total. The fourth-order valence-electron chi connectivity index (χ4n) is 1.86. The van der Waals surface area contributed by atoms with Crippen LogP contribution < -0.4 is 0 Å². The lowest BCUT2D eigenvalue weighted by Gasteiger charge is -2.38. The van der Waals surface area contributed by atoms with Crippen molar-refractivity contribution in [2.75, 3.05) is 21.3 Å². The summed E-state index contributed by atoms with van der Waals surface area (Å²) in [5, 5.41) is 19.7. The SMILES string of the molecule is COC(OC)(OC)C(O)(C(=O)O)C(=O)c1ccccc1. The van der Waals surface area contributed by atoms with Crippen LogP contribution >= 0.6 is 0 Å². The minimum Gasteiger partial charge on any atom is -0.479 e. The zero-order valence-electron chi connectivity index (χ0n) is 11.3. The van der Waals surface area contributed by atoms with Crippen molar-refractivity contribution in [1.29, 1.82) is 0 Å². The Morgan fingerprint density at radius 1 is 1.00 bits per heavy atom. The molecule has 0 aromatic heterocycles. The zero-order valence-corrected chi connectivity index (χ0v) is 11.3. The van der Waals surface area contributed by atoms with Crippen molar-refractivity contribution < 1.29 is 34.0 Å². The molecule has 7 heteroatoms. The Morgan fingerprint density at radius 3 is 1.80 bits per heavy atom. The molecule has 110 valence electrons. The van der Waals surface area contributed by atoms with Gasteiger partial charge in [-0.2, -0.15) is 0 Å². The summed E-state index contributed by atoms with van der Waals surface area (Å²) in [7, 11) is 3.16. The Morgan fingerprint density at radius 2 is 1.45 bits per heavy atom. The van der Waals surface area contributed by atoms with Gasteiger partial charge in [0.2, 0.25) is 5.78 Å². The van der Waals surface area contributed by atoms with Crippen molar-refractivity contribution in [2.45, 2.75) is 11.6 Å². The summed E-state index contributed by atoms with van der Waals surface area (Å²) in [6.45, 7) is 0. The highest BCUT2D eigenvalue weighted by molar-refractivity contribution is 6.15. The van der Waals surface area contributed by atoms with Gasteiger partial charge in [0, 0.05) is 26.9 Å². The first-order valence-electron chi connectivity index (χ1n) is 5.60. The lowest BCUT2D eigenvalue weighted by atomic mass is 9.90. The smallest absolute Gasteiger partial charge is 0.352 e. The predicted octanol–water partition coefficient (Wildman–Crippen LogP) is 0.278. The summed E-state index contributed by atoms with van der Waals surface area (Å²) >= 11 is 0. The van der Waals surface area contributed by atoms with Gasteiger partial charge in [0.25, 0.3) is 0 Å². The zero-order chi connectivity index (χ0) is 15.4. The molecule has 1 aromatic carbocycles. The largest absolute Gasteiger partial charge is 0.479 e. The van der Waals surface area contributed by atoms with Crippen molar-refractivity contribution in [3.8, 4) is 0 Å². The number of aliphatic carboxylic acids is 1. The number of aliphatic hydroxyl groups is 1. The quantitative estimate of drug-likeness (QED) is 0.421. The molecule has 0 aliphatic rings. The summed E-state index contributed by atoms with van der Waals surface area (Å²) in [5.41, 5.74) is -3.08. The molecule has 0 bridgehead atoms. The number of carboxylic acids is 1. The number of hydrogen-bond donors (Lipinski definition) is 2. The first-order valence-corrected chi connectivity index (χ1v) is 5.60. The number of hydrogen-bond acceptors (Lipinski definition) is 6. The molecule has 20 heavy (non-hydrogen) atoms. The van der Waals surface area contributed by atoms with Crippen LogP contribution in [0.1, 0.15) is 10.4 Å². The molecule has 0 saturated carbocycles. The molecule has 7 nitrogen and oxygen atoms in total. The van der Waals surface area contributed by atoms with E-state index in [0.29, 0.717) is 0 Å². The lowest BCUT2D eigenvalue weighted by molar-refractivity contribution is -0.398.